The van der Waals surface area contributed by atoms with Gasteiger partial charge in [-0.3, -0.25) is 4.79 Å². The fourth-order valence-electron chi connectivity index (χ4n) is 1.21. The molecule has 0 saturated heterocycles. The molecule has 6 nitrogen and oxygen atoms in total. The van der Waals surface area contributed by atoms with E-state index in [4.69, 9.17) is 4.52 Å². The molecule has 0 spiro atoms. The number of thioether (sulfide) groups is 1. The van der Waals surface area contributed by atoms with Crippen LogP contribution in [0.3, 0.4) is 0 Å². The Labute approximate surface area is 108 Å². The van der Waals surface area contributed by atoms with Crippen molar-refractivity contribution in [2.45, 2.75) is 24.3 Å². The molecule has 2 rings (SSSR count). The number of aryl methyl sites for hydroxylation is 1. The summed E-state index contributed by atoms with van der Waals surface area (Å²) in [7, 11) is 0. The molecule has 2 aromatic heterocycles. The number of carbonyl (C=O) groups is 1. The first-order valence-corrected chi connectivity index (χ1v) is 6.21. The summed E-state index contributed by atoms with van der Waals surface area (Å²) in [5.74, 6) is 0.900. The van der Waals surface area contributed by atoms with Crippen molar-refractivity contribution in [3.05, 3.63) is 30.3 Å². The Morgan fingerprint density at radius 1 is 1.44 bits per heavy atom. The Morgan fingerprint density at radius 2 is 2.17 bits per heavy atom. The van der Waals surface area contributed by atoms with Crippen molar-refractivity contribution in [2.75, 3.05) is 5.32 Å². The van der Waals surface area contributed by atoms with Gasteiger partial charge >= 0.3 is 0 Å². The molecule has 2 aromatic rings. The van der Waals surface area contributed by atoms with E-state index in [1.165, 1.54) is 11.8 Å². The van der Waals surface area contributed by atoms with E-state index in [-0.39, 0.29) is 11.2 Å². The maximum absolute atomic E-state index is 11.9. The van der Waals surface area contributed by atoms with Crippen LogP contribution in [0.2, 0.25) is 0 Å². The van der Waals surface area contributed by atoms with Crippen molar-refractivity contribution in [3.8, 4) is 0 Å². The molecule has 0 saturated carbocycles. The summed E-state index contributed by atoms with van der Waals surface area (Å²) in [5, 5.41) is 6.61. The molecule has 0 aliphatic rings. The highest BCUT2D eigenvalue weighted by atomic mass is 32.2. The van der Waals surface area contributed by atoms with Crippen molar-refractivity contribution in [2.24, 2.45) is 0 Å². The number of nitrogens with one attached hydrogen (secondary N) is 1. The summed E-state index contributed by atoms with van der Waals surface area (Å²) in [4.78, 5) is 20.0. The van der Waals surface area contributed by atoms with E-state index in [1.807, 2.05) is 0 Å². The third-order valence-electron chi connectivity index (χ3n) is 2.07. The van der Waals surface area contributed by atoms with Crippen LogP contribution in [0.25, 0.3) is 0 Å². The second-order valence-corrected chi connectivity index (χ2v) is 4.91. The van der Waals surface area contributed by atoms with Gasteiger partial charge in [0.15, 0.2) is 11.0 Å². The van der Waals surface area contributed by atoms with Gasteiger partial charge in [0.25, 0.3) is 0 Å². The van der Waals surface area contributed by atoms with Gasteiger partial charge in [0.2, 0.25) is 5.91 Å². The number of nitrogens with zero attached hydrogens (tertiary/aromatic N) is 3. The summed E-state index contributed by atoms with van der Waals surface area (Å²) in [5.41, 5.74) is 0. The second-order valence-electron chi connectivity index (χ2n) is 3.60. The topological polar surface area (TPSA) is 80.9 Å². The van der Waals surface area contributed by atoms with Crippen LogP contribution in [-0.2, 0) is 4.79 Å². The average Bonchev–Trinajstić information content (AvgIpc) is 2.76. The van der Waals surface area contributed by atoms with Crippen molar-refractivity contribution >= 4 is 23.5 Å². The van der Waals surface area contributed by atoms with Crippen molar-refractivity contribution < 1.29 is 9.32 Å². The van der Waals surface area contributed by atoms with Gasteiger partial charge in [-0.25, -0.2) is 9.97 Å². The maximum Gasteiger partial charge on any atom is 0.238 e. The summed E-state index contributed by atoms with van der Waals surface area (Å²) >= 11 is 1.29. The van der Waals surface area contributed by atoms with Crippen LogP contribution < -0.4 is 5.32 Å². The minimum Gasteiger partial charge on any atom is -0.360 e. The van der Waals surface area contributed by atoms with Gasteiger partial charge in [-0.1, -0.05) is 16.9 Å². The van der Waals surface area contributed by atoms with Crippen LogP contribution in [0.4, 0.5) is 5.82 Å². The van der Waals surface area contributed by atoms with Gasteiger partial charge in [-0.05, 0) is 19.9 Å². The molecule has 0 aliphatic heterocycles. The van der Waals surface area contributed by atoms with E-state index in [9.17, 15) is 4.79 Å². The first-order valence-electron chi connectivity index (χ1n) is 5.33. The summed E-state index contributed by atoms with van der Waals surface area (Å²) < 4.78 is 4.87. The van der Waals surface area contributed by atoms with Gasteiger partial charge in [-0.2, -0.15) is 0 Å². The summed E-state index contributed by atoms with van der Waals surface area (Å²) in [6.45, 7) is 3.54. The second kappa shape index (κ2) is 5.63. The number of hydrogen-bond donors (Lipinski definition) is 1. The molecule has 1 atom stereocenters. The maximum atomic E-state index is 11.9. The molecule has 7 heteroatoms. The predicted octanol–water partition coefficient (Wildman–Crippen LogP) is 1.89. The number of carbonyl (C=O) groups excluding carboxylic acids is 1. The standard InChI is InChI=1S/C11H12N4O2S/c1-7-6-9(15-17-7)14-10(16)8(2)18-11-12-4-3-5-13-11/h3-6,8H,1-2H3,(H,14,15,16). The Morgan fingerprint density at radius 3 is 2.78 bits per heavy atom. The third kappa shape index (κ3) is 3.30. The van der Waals surface area contributed by atoms with Crippen LogP contribution in [0.5, 0.6) is 0 Å². The van der Waals surface area contributed by atoms with Gasteiger partial charge in [-0.15, -0.1) is 0 Å². The smallest absolute Gasteiger partial charge is 0.238 e. The van der Waals surface area contributed by atoms with Crippen molar-refractivity contribution in [1.29, 1.82) is 0 Å². The fraction of sp³-hybridized carbons (Fsp3) is 0.273. The Kier molecular flexibility index (Phi) is 3.93. The van der Waals surface area contributed by atoms with Crippen LogP contribution in [0.1, 0.15) is 12.7 Å². The van der Waals surface area contributed by atoms with E-state index in [1.54, 1.807) is 38.4 Å². The molecule has 1 amide bonds. The molecule has 0 fully saturated rings. The lowest BCUT2D eigenvalue weighted by molar-refractivity contribution is -0.115. The Hall–Kier alpha value is -1.89. The van der Waals surface area contributed by atoms with Crippen molar-refractivity contribution in [3.63, 3.8) is 0 Å². The fourth-order valence-corrected chi connectivity index (χ4v) is 1.94. The Balaban J connectivity index is 1.93. The quantitative estimate of drug-likeness (QED) is 0.671. The highest BCUT2D eigenvalue weighted by Gasteiger charge is 2.17. The summed E-state index contributed by atoms with van der Waals surface area (Å²) in [6, 6.07) is 3.39. The number of aromatic nitrogens is 3. The lowest BCUT2D eigenvalue weighted by atomic mass is 10.4. The molecule has 0 aromatic carbocycles. The van der Waals surface area contributed by atoms with Crippen LogP contribution in [-0.4, -0.2) is 26.3 Å². The van der Waals surface area contributed by atoms with Crippen LogP contribution in [0.15, 0.2) is 34.2 Å². The lowest BCUT2D eigenvalue weighted by Crippen LogP contribution is -2.22. The highest BCUT2D eigenvalue weighted by Crippen LogP contribution is 2.19. The number of anilines is 1. The van der Waals surface area contributed by atoms with E-state index >= 15 is 0 Å². The molecule has 94 valence electrons. The number of amides is 1. The van der Waals surface area contributed by atoms with E-state index in [2.05, 4.69) is 20.4 Å². The SMILES string of the molecule is Cc1cc(NC(=O)C(C)Sc2ncccn2)no1. The molecule has 1 unspecified atom stereocenters. The Bertz CT molecular complexity index is 529. The zero-order valence-corrected chi connectivity index (χ0v) is 10.8. The molecular formula is C11H12N4O2S. The first kappa shape index (κ1) is 12.6. The third-order valence-corrected chi connectivity index (χ3v) is 3.06. The molecule has 1 N–H and O–H groups in total. The van der Waals surface area contributed by atoms with Crippen LogP contribution >= 0.6 is 11.8 Å². The van der Waals surface area contributed by atoms with Gasteiger partial charge < -0.3 is 9.84 Å². The van der Waals surface area contributed by atoms with Gasteiger partial charge in [0.1, 0.15) is 5.76 Å². The minimum absolute atomic E-state index is 0.166. The first-order chi connectivity index (χ1) is 8.65. The monoisotopic (exact) mass is 264 g/mol. The molecular weight excluding hydrogens is 252 g/mol. The zero-order chi connectivity index (χ0) is 13.0. The van der Waals surface area contributed by atoms with E-state index in [0.717, 1.165) is 0 Å². The molecule has 18 heavy (non-hydrogen) atoms. The normalized spacial score (nSPS) is 12.1. The predicted molar refractivity (Wildman–Crippen MR) is 67.2 cm³/mol. The lowest BCUT2D eigenvalue weighted by Gasteiger charge is -2.08. The minimum atomic E-state index is -0.315. The highest BCUT2D eigenvalue weighted by molar-refractivity contribution is 8.00. The largest absolute Gasteiger partial charge is 0.360 e. The molecule has 0 radical (unpaired) electrons. The average molecular weight is 264 g/mol. The summed E-state index contributed by atoms with van der Waals surface area (Å²) in [6.07, 6.45) is 3.28. The van der Waals surface area contributed by atoms with E-state index < -0.39 is 0 Å². The van der Waals surface area contributed by atoms with Gasteiger partial charge in [0.05, 0.1) is 5.25 Å². The van der Waals surface area contributed by atoms with Gasteiger partial charge in [0, 0.05) is 18.5 Å². The van der Waals surface area contributed by atoms with Crippen molar-refractivity contribution in [1.82, 2.24) is 15.1 Å². The molecule has 0 aliphatic carbocycles. The number of rotatable bonds is 4. The zero-order valence-electron chi connectivity index (χ0n) is 9.95. The van der Waals surface area contributed by atoms with Crippen LogP contribution in [0, 0.1) is 6.92 Å². The molecule has 0 bridgehead atoms. The van der Waals surface area contributed by atoms with E-state index in [0.29, 0.717) is 16.7 Å². The number of hydrogen-bond acceptors (Lipinski definition) is 6. The molecule has 2 heterocycles.